The molecule has 1 fully saturated rings. The Morgan fingerprint density at radius 1 is 1.19 bits per heavy atom. The van der Waals surface area contributed by atoms with Gasteiger partial charge in [-0.25, -0.2) is 15.0 Å². The molecule has 142 valence electrons. The van der Waals surface area contributed by atoms with Crippen LogP contribution < -0.4 is 9.64 Å². The van der Waals surface area contributed by atoms with E-state index < -0.39 is 0 Å². The molecule has 1 aliphatic rings. The Morgan fingerprint density at radius 2 is 2.00 bits per heavy atom. The Balaban J connectivity index is 1.48. The minimum Gasteiger partial charge on any atom is -0.493 e. The average Bonchev–Trinajstić information content (AvgIpc) is 3.30. The van der Waals surface area contributed by atoms with Gasteiger partial charge in [0.15, 0.2) is 5.75 Å². The van der Waals surface area contributed by atoms with Gasteiger partial charge in [0.2, 0.25) is 5.95 Å². The fraction of sp³-hybridized carbons (Fsp3) is 0.474. The summed E-state index contributed by atoms with van der Waals surface area (Å²) in [5.41, 5.74) is 1.69. The lowest BCUT2D eigenvalue weighted by Gasteiger charge is -2.32. The number of aryl methyl sites for hydroxylation is 2. The highest BCUT2D eigenvalue weighted by Gasteiger charge is 2.23. The number of piperidine rings is 1. The number of imidazole rings is 1. The third-order valence-electron chi connectivity index (χ3n) is 5.30. The quantitative estimate of drug-likeness (QED) is 0.689. The molecule has 0 N–H and O–H groups in total. The number of methoxy groups -OCH3 is 1. The largest absolute Gasteiger partial charge is 0.493 e. The van der Waals surface area contributed by atoms with E-state index in [-0.39, 0.29) is 0 Å². The van der Waals surface area contributed by atoms with Gasteiger partial charge in [0, 0.05) is 45.3 Å². The van der Waals surface area contributed by atoms with Crippen LogP contribution in [0.15, 0.2) is 30.9 Å². The van der Waals surface area contributed by atoms with Gasteiger partial charge in [-0.05, 0) is 31.7 Å². The molecule has 3 aromatic rings. The van der Waals surface area contributed by atoms with Crippen LogP contribution in [0.1, 0.15) is 18.7 Å². The zero-order valence-electron chi connectivity index (χ0n) is 16.0. The Bertz CT molecular complexity index is 908. The van der Waals surface area contributed by atoms with E-state index in [2.05, 4.69) is 37.7 Å². The number of hydrogen-bond donors (Lipinski definition) is 0. The molecule has 27 heavy (non-hydrogen) atoms. The van der Waals surface area contributed by atoms with E-state index in [0.717, 1.165) is 55.6 Å². The lowest BCUT2D eigenvalue weighted by atomic mass is 9.97. The minimum atomic E-state index is 0.656. The molecule has 0 aromatic carbocycles. The maximum atomic E-state index is 5.46. The van der Waals surface area contributed by atoms with Gasteiger partial charge in [0.05, 0.1) is 19.0 Å². The predicted molar refractivity (Wildman–Crippen MR) is 103 cm³/mol. The standard InChI is InChI=1S/C19H25N7O/c1-14-20-8-11-26(14)13-15-5-9-25(10-6-15)19-21-12-17(27-3)18(23-19)16-4-7-22-24(16)2/h4,7-8,11-12,15H,5-6,9-10,13H2,1-3H3. The van der Waals surface area contributed by atoms with Gasteiger partial charge < -0.3 is 14.2 Å². The molecule has 8 nitrogen and oxygen atoms in total. The van der Waals surface area contributed by atoms with Gasteiger partial charge in [-0.15, -0.1) is 0 Å². The molecule has 0 spiro atoms. The molecular weight excluding hydrogens is 342 g/mol. The van der Waals surface area contributed by atoms with E-state index in [4.69, 9.17) is 9.72 Å². The highest BCUT2D eigenvalue weighted by molar-refractivity contribution is 5.63. The van der Waals surface area contributed by atoms with Gasteiger partial charge in [-0.2, -0.15) is 5.10 Å². The monoisotopic (exact) mass is 367 g/mol. The summed E-state index contributed by atoms with van der Waals surface area (Å²) in [6.07, 6.45) is 9.69. The van der Waals surface area contributed by atoms with Crippen molar-refractivity contribution in [1.29, 1.82) is 0 Å². The van der Waals surface area contributed by atoms with Crippen LogP contribution in [0.2, 0.25) is 0 Å². The molecule has 1 saturated heterocycles. The maximum absolute atomic E-state index is 5.46. The van der Waals surface area contributed by atoms with E-state index in [1.807, 2.05) is 19.3 Å². The van der Waals surface area contributed by atoms with E-state index >= 15 is 0 Å². The first-order chi connectivity index (χ1) is 13.2. The van der Waals surface area contributed by atoms with E-state index in [0.29, 0.717) is 11.7 Å². The summed E-state index contributed by atoms with van der Waals surface area (Å²) < 4.78 is 9.50. The average molecular weight is 367 g/mol. The third-order valence-corrected chi connectivity index (χ3v) is 5.30. The smallest absolute Gasteiger partial charge is 0.226 e. The van der Waals surface area contributed by atoms with Crippen molar-refractivity contribution in [2.75, 3.05) is 25.1 Å². The second-order valence-corrected chi connectivity index (χ2v) is 6.98. The Kier molecular flexibility index (Phi) is 4.79. The van der Waals surface area contributed by atoms with Crippen molar-refractivity contribution >= 4 is 5.95 Å². The number of ether oxygens (including phenoxy) is 1. The van der Waals surface area contributed by atoms with Crippen molar-refractivity contribution < 1.29 is 4.74 Å². The van der Waals surface area contributed by atoms with Crippen molar-refractivity contribution in [2.24, 2.45) is 13.0 Å². The molecular formula is C19H25N7O. The molecule has 0 aliphatic carbocycles. The summed E-state index contributed by atoms with van der Waals surface area (Å²) in [5, 5.41) is 4.24. The summed E-state index contributed by atoms with van der Waals surface area (Å²) in [4.78, 5) is 15.9. The Hall–Kier alpha value is -2.90. The fourth-order valence-corrected chi connectivity index (χ4v) is 3.64. The number of rotatable bonds is 5. The number of anilines is 1. The van der Waals surface area contributed by atoms with Gasteiger partial charge in [0.1, 0.15) is 11.5 Å². The van der Waals surface area contributed by atoms with Gasteiger partial charge in [-0.1, -0.05) is 0 Å². The SMILES string of the molecule is COc1cnc(N2CCC(Cn3ccnc3C)CC2)nc1-c1ccnn1C. The topological polar surface area (TPSA) is 73.9 Å². The zero-order chi connectivity index (χ0) is 18.8. The van der Waals surface area contributed by atoms with Gasteiger partial charge in [-0.3, -0.25) is 4.68 Å². The van der Waals surface area contributed by atoms with Crippen LogP contribution >= 0.6 is 0 Å². The number of hydrogen-bond acceptors (Lipinski definition) is 6. The van der Waals surface area contributed by atoms with Crippen LogP contribution in [-0.2, 0) is 13.6 Å². The molecule has 3 aromatic heterocycles. The van der Waals surface area contributed by atoms with Crippen molar-refractivity contribution in [3.63, 3.8) is 0 Å². The summed E-state index contributed by atoms with van der Waals surface area (Å²) in [5.74, 6) is 3.15. The van der Waals surface area contributed by atoms with Crippen molar-refractivity contribution in [2.45, 2.75) is 26.3 Å². The lowest BCUT2D eigenvalue weighted by Crippen LogP contribution is -2.36. The van der Waals surface area contributed by atoms with Crippen LogP contribution in [0.3, 0.4) is 0 Å². The molecule has 8 heteroatoms. The molecule has 0 radical (unpaired) electrons. The molecule has 0 atom stereocenters. The Morgan fingerprint density at radius 3 is 2.63 bits per heavy atom. The first-order valence-electron chi connectivity index (χ1n) is 9.28. The molecule has 1 aliphatic heterocycles. The van der Waals surface area contributed by atoms with Gasteiger partial charge in [0.25, 0.3) is 0 Å². The molecule has 4 heterocycles. The summed E-state index contributed by atoms with van der Waals surface area (Å²) in [6, 6.07) is 1.94. The van der Waals surface area contributed by atoms with E-state index in [1.54, 1.807) is 24.2 Å². The van der Waals surface area contributed by atoms with E-state index in [1.165, 1.54) is 0 Å². The minimum absolute atomic E-state index is 0.656. The summed E-state index contributed by atoms with van der Waals surface area (Å²) in [6.45, 7) is 4.99. The first kappa shape index (κ1) is 17.5. The van der Waals surface area contributed by atoms with E-state index in [9.17, 15) is 0 Å². The number of nitrogens with zero attached hydrogens (tertiary/aromatic N) is 7. The lowest BCUT2D eigenvalue weighted by molar-refractivity contribution is 0.351. The zero-order valence-corrected chi connectivity index (χ0v) is 16.0. The summed E-state index contributed by atoms with van der Waals surface area (Å²) >= 11 is 0. The predicted octanol–water partition coefficient (Wildman–Crippen LogP) is 2.31. The first-order valence-corrected chi connectivity index (χ1v) is 9.28. The molecule has 0 amide bonds. The summed E-state index contributed by atoms with van der Waals surface area (Å²) in [7, 11) is 3.54. The Labute approximate surface area is 158 Å². The molecule has 0 bridgehead atoms. The van der Waals surface area contributed by atoms with Crippen molar-refractivity contribution in [1.82, 2.24) is 29.3 Å². The maximum Gasteiger partial charge on any atom is 0.226 e. The van der Waals surface area contributed by atoms with Crippen LogP contribution in [0, 0.1) is 12.8 Å². The number of aromatic nitrogens is 6. The van der Waals surface area contributed by atoms with Crippen LogP contribution in [-0.4, -0.2) is 49.5 Å². The third kappa shape index (κ3) is 3.51. The highest BCUT2D eigenvalue weighted by Crippen LogP contribution is 2.30. The molecule has 0 saturated carbocycles. The molecule has 0 unspecified atom stereocenters. The second-order valence-electron chi connectivity index (χ2n) is 6.98. The fourth-order valence-electron chi connectivity index (χ4n) is 3.64. The van der Waals surface area contributed by atoms with Crippen LogP contribution in [0.25, 0.3) is 11.4 Å². The van der Waals surface area contributed by atoms with Crippen molar-refractivity contribution in [3.8, 4) is 17.1 Å². The highest BCUT2D eigenvalue weighted by atomic mass is 16.5. The van der Waals surface area contributed by atoms with Crippen LogP contribution in [0.4, 0.5) is 5.95 Å². The normalized spacial score (nSPS) is 15.3. The van der Waals surface area contributed by atoms with Gasteiger partial charge >= 0.3 is 0 Å². The van der Waals surface area contributed by atoms with Crippen LogP contribution in [0.5, 0.6) is 5.75 Å². The van der Waals surface area contributed by atoms with Crippen molar-refractivity contribution in [3.05, 3.63) is 36.7 Å². The molecule has 4 rings (SSSR count). The second kappa shape index (κ2) is 7.38.